The molecule has 7 nitrogen and oxygen atoms in total. The van der Waals surface area contributed by atoms with E-state index in [2.05, 4.69) is 5.32 Å². The predicted octanol–water partition coefficient (Wildman–Crippen LogP) is 3.48. The van der Waals surface area contributed by atoms with Crippen molar-refractivity contribution < 1.29 is 23.9 Å². The highest BCUT2D eigenvalue weighted by Gasteiger charge is 2.56. The number of urea groups is 1. The lowest BCUT2D eigenvalue weighted by Crippen LogP contribution is -2.63. The molecule has 0 spiro atoms. The van der Waals surface area contributed by atoms with Crippen molar-refractivity contribution in [2.75, 3.05) is 6.79 Å². The third kappa shape index (κ3) is 2.89. The Morgan fingerprint density at radius 2 is 1.68 bits per heavy atom. The molecule has 162 valence electrons. The zero-order valence-electron chi connectivity index (χ0n) is 17.6. The predicted molar refractivity (Wildman–Crippen MR) is 111 cm³/mol. The Kier molecular flexibility index (Phi) is 4.01. The van der Waals surface area contributed by atoms with Crippen LogP contribution in [0.25, 0.3) is 6.08 Å². The van der Waals surface area contributed by atoms with E-state index >= 15 is 0 Å². The average Bonchev–Trinajstić information content (AvgIpc) is 3.18. The fraction of sp³-hybridized carbons (Fsp3) is 0.542. The molecule has 4 aliphatic carbocycles. The summed E-state index contributed by atoms with van der Waals surface area (Å²) in [6, 6.07) is 4.42. The maximum atomic E-state index is 13.4. The van der Waals surface area contributed by atoms with E-state index < -0.39 is 17.8 Å². The van der Waals surface area contributed by atoms with Crippen molar-refractivity contribution in [2.45, 2.75) is 51.5 Å². The first-order valence-corrected chi connectivity index (χ1v) is 11.2. The van der Waals surface area contributed by atoms with E-state index in [-0.39, 0.29) is 23.8 Å². The summed E-state index contributed by atoms with van der Waals surface area (Å²) >= 11 is 0. The van der Waals surface area contributed by atoms with E-state index in [1.807, 2.05) is 6.92 Å². The van der Waals surface area contributed by atoms with Crippen LogP contribution in [0.5, 0.6) is 11.5 Å². The second-order valence-electron chi connectivity index (χ2n) is 10.1. The minimum atomic E-state index is -0.651. The minimum Gasteiger partial charge on any atom is -0.454 e. The smallest absolute Gasteiger partial charge is 0.331 e. The van der Waals surface area contributed by atoms with Crippen LogP contribution in [0, 0.1) is 23.2 Å². The van der Waals surface area contributed by atoms with Gasteiger partial charge in [0.05, 0.1) is 0 Å². The fourth-order valence-corrected chi connectivity index (χ4v) is 7.16. The summed E-state index contributed by atoms with van der Waals surface area (Å²) in [5.41, 5.74) is 0.612. The number of nitrogens with one attached hydrogen (secondary N) is 1. The first-order chi connectivity index (χ1) is 14.9. The Labute approximate surface area is 180 Å². The minimum absolute atomic E-state index is 0.0185. The third-order valence-electron chi connectivity index (χ3n) is 8.20. The number of rotatable bonds is 3. The Bertz CT molecular complexity index is 994. The van der Waals surface area contributed by atoms with Gasteiger partial charge in [-0.05, 0) is 92.4 Å². The van der Waals surface area contributed by atoms with Crippen molar-refractivity contribution in [1.82, 2.24) is 10.2 Å². The van der Waals surface area contributed by atoms with Gasteiger partial charge < -0.3 is 9.47 Å². The van der Waals surface area contributed by atoms with Crippen molar-refractivity contribution in [1.29, 1.82) is 0 Å². The average molecular weight is 422 g/mol. The highest BCUT2D eigenvalue weighted by molar-refractivity contribution is 6.31. The standard InChI is InChI=1S/C24H26N2O5/c1-13(24-9-15-4-16(10-24)6-17(5-15)11-24)26-22(28)18(21(27)25-23(26)29)7-14-2-3-19-20(8-14)31-12-30-19/h2-3,7-8,13,15-17H,4-6,9-12H2,1H3,(H,25,27,29)/b18-7+/t13-,15?,16?,17?,24?/m0/s1. The molecule has 7 heteroatoms. The van der Waals surface area contributed by atoms with Crippen molar-refractivity contribution in [2.24, 2.45) is 23.2 Å². The van der Waals surface area contributed by atoms with Crippen LogP contribution in [-0.4, -0.2) is 35.6 Å². The van der Waals surface area contributed by atoms with E-state index in [9.17, 15) is 14.4 Å². The van der Waals surface area contributed by atoms with E-state index in [1.54, 1.807) is 18.2 Å². The number of hydrogen-bond acceptors (Lipinski definition) is 5. The fourth-order valence-electron chi connectivity index (χ4n) is 7.16. The largest absolute Gasteiger partial charge is 0.454 e. The van der Waals surface area contributed by atoms with E-state index in [4.69, 9.17) is 9.47 Å². The Hall–Kier alpha value is -2.83. The normalized spacial score (nSPS) is 35.6. The Balaban J connectivity index is 1.32. The summed E-state index contributed by atoms with van der Waals surface area (Å²) in [6.45, 7) is 2.15. The quantitative estimate of drug-likeness (QED) is 0.595. The number of carbonyl (C=O) groups is 3. The van der Waals surface area contributed by atoms with Gasteiger partial charge in [0.15, 0.2) is 11.5 Å². The number of hydrogen-bond donors (Lipinski definition) is 1. The molecular formula is C24H26N2O5. The number of imide groups is 2. The van der Waals surface area contributed by atoms with Crippen LogP contribution in [0.1, 0.15) is 51.0 Å². The molecule has 1 N–H and O–H groups in total. The van der Waals surface area contributed by atoms with Crippen molar-refractivity contribution in [3.63, 3.8) is 0 Å². The van der Waals surface area contributed by atoms with Crippen LogP contribution < -0.4 is 14.8 Å². The van der Waals surface area contributed by atoms with Gasteiger partial charge in [-0.15, -0.1) is 0 Å². The monoisotopic (exact) mass is 422 g/mol. The van der Waals surface area contributed by atoms with Crippen LogP contribution in [0.3, 0.4) is 0 Å². The van der Waals surface area contributed by atoms with Gasteiger partial charge in [0.25, 0.3) is 11.8 Å². The Morgan fingerprint density at radius 3 is 2.35 bits per heavy atom. The maximum Gasteiger partial charge on any atom is 0.331 e. The van der Waals surface area contributed by atoms with E-state index in [1.165, 1.54) is 30.2 Å². The first kappa shape index (κ1) is 18.9. The van der Waals surface area contributed by atoms with Gasteiger partial charge in [0.2, 0.25) is 6.79 Å². The van der Waals surface area contributed by atoms with E-state index in [0.29, 0.717) is 34.8 Å². The molecule has 1 aromatic carbocycles. The second kappa shape index (κ2) is 6.58. The van der Waals surface area contributed by atoms with Crippen LogP contribution in [0.4, 0.5) is 4.79 Å². The van der Waals surface area contributed by atoms with Crippen LogP contribution >= 0.6 is 0 Å². The molecule has 4 saturated carbocycles. The van der Waals surface area contributed by atoms with Crippen molar-refractivity contribution in [3.05, 3.63) is 29.3 Å². The summed E-state index contributed by atoms with van der Waals surface area (Å²) in [6.07, 6.45) is 8.64. The summed E-state index contributed by atoms with van der Waals surface area (Å²) in [7, 11) is 0. The first-order valence-electron chi connectivity index (χ1n) is 11.2. The molecule has 5 fully saturated rings. The summed E-state index contributed by atoms with van der Waals surface area (Å²) in [5, 5.41) is 2.40. The molecule has 0 aromatic heterocycles. The van der Waals surface area contributed by atoms with Gasteiger partial charge in [0.1, 0.15) is 5.57 Å². The number of ether oxygens (including phenoxy) is 2. The molecule has 4 bridgehead atoms. The van der Waals surface area contributed by atoms with Crippen LogP contribution in [0.15, 0.2) is 23.8 Å². The zero-order valence-corrected chi connectivity index (χ0v) is 17.6. The molecule has 0 unspecified atom stereocenters. The van der Waals surface area contributed by atoms with Crippen LogP contribution in [0.2, 0.25) is 0 Å². The zero-order chi connectivity index (χ0) is 21.3. The van der Waals surface area contributed by atoms with Gasteiger partial charge in [-0.1, -0.05) is 6.07 Å². The molecule has 6 aliphatic rings. The molecule has 1 saturated heterocycles. The van der Waals surface area contributed by atoms with Gasteiger partial charge in [0, 0.05) is 6.04 Å². The lowest BCUT2D eigenvalue weighted by Gasteiger charge is -2.60. The van der Waals surface area contributed by atoms with Gasteiger partial charge in [-0.2, -0.15) is 0 Å². The van der Waals surface area contributed by atoms with Gasteiger partial charge in [-0.25, -0.2) is 4.79 Å². The number of nitrogens with zero attached hydrogens (tertiary/aromatic N) is 1. The lowest BCUT2D eigenvalue weighted by atomic mass is 9.47. The summed E-state index contributed by atoms with van der Waals surface area (Å²) < 4.78 is 10.7. The molecular weight excluding hydrogens is 396 g/mol. The molecule has 1 aromatic rings. The third-order valence-corrected chi connectivity index (χ3v) is 8.20. The number of carbonyl (C=O) groups excluding carboxylic acids is 3. The van der Waals surface area contributed by atoms with Crippen molar-refractivity contribution in [3.8, 4) is 11.5 Å². The van der Waals surface area contributed by atoms with Crippen molar-refractivity contribution >= 4 is 23.9 Å². The molecule has 0 radical (unpaired) electrons. The molecule has 7 rings (SSSR count). The van der Waals surface area contributed by atoms with Gasteiger partial charge >= 0.3 is 6.03 Å². The molecule has 4 amide bonds. The Morgan fingerprint density at radius 1 is 1.03 bits per heavy atom. The van der Waals surface area contributed by atoms with Crippen LogP contribution in [-0.2, 0) is 9.59 Å². The molecule has 2 aliphatic heterocycles. The highest BCUT2D eigenvalue weighted by atomic mass is 16.7. The van der Waals surface area contributed by atoms with E-state index in [0.717, 1.165) is 19.3 Å². The molecule has 31 heavy (non-hydrogen) atoms. The summed E-state index contributed by atoms with van der Waals surface area (Å²) in [4.78, 5) is 40.1. The highest BCUT2D eigenvalue weighted by Crippen LogP contribution is 2.62. The maximum absolute atomic E-state index is 13.4. The number of barbiturate groups is 1. The number of amides is 4. The topological polar surface area (TPSA) is 84.9 Å². The second-order valence-corrected chi connectivity index (χ2v) is 10.1. The number of fused-ring (bicyclic) bond motifs is 1. The number of benzene rings is 1. The SMILES string of the molecule is C[C@H](N1C(=O)NC(=O)/C(=C\c2ccc3c(c2)OCO3)C1=O)C12CC3CC(CC(C3)C1)C2. The lowest BCUT2D eigenvalue weighted by molar-refractivity contribution is -0.139. The summed E-state index contributed by atoms with van der Waals surface area (Å²) in [5.74, 6) is 2.18. The molecule has 2 heterocycles. The van der Waals surface area contributed by atoms with Gasteiger partial charge in [-0.3, -0.25) is 19.8 Å². The molecule has 1 atom stereocenters.